The Kier molecular flexibility index (Phi) is 5.32. The lowest BCUT2D eigenvalue weighted by atomic mass is 10.2. The fraction of sp³-hybridized carbons (Fsp3) is 0.0909. The smallest absolute Gasteiger partial charge is 0.287 e. The molecule has 1 N–H and O–H groups in total. The van der Waals surface area contributed by atoms with Gasteiger partial charge in [-0.3, -0.25) is 9.78 Å². The molecule has 0 saturated carbocycles. The monoisotopic (exact) mass is 440 g/mol. The molecule has 0 fully saturated rings. The number of pyridine rings is 1. The van der Waals surface area contributed by atoms with E-state index in [1.165, 1.54) is 24.3 Å². The van der Waals surface area contributed by atoms with Crippen molar-refractivity contribution < 1.29 is 17.6 Å². The molecule has 30 heavy (non-hydrogen) atoms. The van der Waals surface area contributed by atoms with Crippen molar-refractivity contribution in [2.24, 2.45) is 0 Å². The molecular formula is C22H17ClN2O4S. The van der Waals surface area contributed by atoms with Crippen LogP contribution in [0.2, 0.25) is 5.02 Å². The number of halogens is 1. The van der Waals surface area contributed by atoms with Gasteiger partial charge in [0.05, 0.1) is 16.0 Å². The van der Waals surface area contributed by atoms with E-state index < -0.39 is 9.84 Å². The fourth-order valence-corrected chi connectivity index (χ4v) is 4.46. The first-order chi connectivity index (χ1) is 14.3. The summed E-state index contributed by atoms with van der Waals surface area (Å²) in [6.45, 7) is 2.04. The predicted molar refractivity (Wildman–Crippen MR) is 113 cm³/mol. The van der Waals surface area contributed by atoms with Gasteiger partial charge in [-0.2, -0.15) is 0 Å². The molecule has 1 amide bonds. The zero-order valence-corrected chi connectivity index (χ0v) is 17.5. The summed E-state index contributed by atoms with van der Waals surface area (Å²) in [5, 5.41) is 3.95. The maximum atomic E-state index is 12.8. The number of sulfone groups is 1. The van der Waals surface area contributed by atoms with Gasteiger partial charge in [-0.25, -0.2) is 8.42 Å². The molecule has 4 rings (SSSR count). The normalized spacial score (nSPS) is 11.5. The number of carbonyl (C=O) groups excluding carboxylic acids is 1. The van der Waals surface area contributed by atoms with Crippen LogP contribution in [0.1, 0.15) is 21.7 Å². The summed E-state index contributed by atoms with van der Waals surface area (Å²) in [4.78, 5) is 16.6. The van der Waals surface area contributed by atoms with Crippen LogP contribution in [0.15, 0.2) is 81.2 Å². The molecule has 0 aliphatic rings. The van der Waals surface area contributed by atoms with Gasteiger partial charge in [-0.1, -0.05) is 29.8 Å². The van der Waals surface area contributed by atoms with Crippen LogP contribution in [0, 0.1) is 6.92 Å². The average Bonchev–Trinajstić information content (AvgIpc) is 3.18. The van der Waals surface area contributed by atoms with Gasteiger partial charge in [0.25, 0.3) is 5.91 Å². The SMILES string of the molecule is Cc1ccc(S(=O)(=O)c2ccc(CNC(=O)c3cc4ccncc4o3)cc2)cc1Cl. The van der Waals surface area contributed by atoms with Crippen LogP contribution in [0.5, 0.6) is 0 Å². The van der Waals surface area contributed by atoms with Gasteiger partial charge in [0.1, 0.15) is 0 Å². The molecule has 6 nitrogen and oxygen atoms in total. The van der Waals surface area contributed by atoms with Crippen molar-refractivity contribution in [2.75, 3.05) is 0 Å². The Hall–Kier alpha value is -3.16. The van der Waals surface area contributed by atoms with Crippen molar-refractivity contribution in [1.82, 2.24) is 10.3 Å². The highest BCUT2D eigenvalue weighted by Gasteiger charge is 2.18. The van der Waals surface area contributed by atoms with Gasteiger partial charge < -0.3 is 9.73 Å². The van der Waals surface area contributed by atoms with Crippen molar-refractivity contribution in [2.45, 2.75) is 23.3 Å². The molecule has 2 heterocycles. The molecule has 0 saturated heterocycles. The highest BCUT2D eigenvalue weighted by atomic mass is 35.5. The predicted octanol–water partition coefficient (Wildman–Crippen LogP) is 4.55. The zero-order chi connectivity index (χ0) is 21.3. The third-order valence-electron chi connectivity index (χ3n) is 4.69. The Bertz CT molecular complexity index is 1310. The Balaban J connectivity index is 1.46. The van der Waals surface area contributed by atoms with Crippen LogP contribution >= 0.6 is 11.6 Å². The number of furan rings is 1. The fourth-order valence-electron chi connectivity index (χ4n) is 2.93. The first-order valence-corrected chi connectivity index (χ1v) is 10.9. The number of aryl methyl sites for hydroxylation is 1. The Morgan fingerprint density at radius 2 is 1.80 bits per heavy atom. The molecule has 2 aromatic carbocycles. The van der Waals surface area contributed by atoms with Crippen molar-refractivity contribution in [3.05, 3.63) is 88.9 Å². The number of amides is 1. The summed E-state index contributed by atoms with van der Waals surface area (Å²) < 4.78 is 31.1. The minimum atomic E-state index is -3.68. The average molecular weight is 441 g/mol. The van der Waals surface area contributed by atoms with Crippen LogP contribution in [0.4, 0.5) is 0 Å². The summed E-state index contributed by atoms with van der Waals surface area (Å²) in [6, 6.07) is 14.4. The molecule has 0 aliphatic heterocycles. The third kappa shape index (κ3) is 3.94. The van der Waals surface area contributed by atoms with Gasteiger partial charge in [-0.15, -0.1) is 0 Å². The number of fused-ring (bicyclic) bond motifs is 1. The second-order valence-electron chi connectivity index (χ2n) is 6.77. The lowest BCUT2D eigenvalue weighted by molar-refractivity contribution is 0.0925. The topological polar surface area (TPSA) is 89.3 Å². The van der Waals surface area contributed by atoms with E-state index >= 15 is 0 Å². The number of aromatic nitrogens is 1. The number of rotatable bonds is 5. The maximum absolute atomic E-state index is 12.8. The highest BCUT2D eigenvalue weighted by Crippen LogP contribution is 2.25. The number of nitrogens with one attached hydrogen (secondary N) is 1. The Morgan fingerprint density at radius 1 is 1.07 bits per heavy atom. The quantitative estimate of drug-likeness (QED) is 0.491. The lowest BCUT2D eigenvalue weighted by Crippen LogP contribution is -2.22. The largest absolute Gasteiger partial charge is 0.449 e. The van der Waals surface area contributed by atoms with E-state index in [1.807, 2.05) is 6.92 Å². The van der Waals surface area contributed by atoms with Gasteiger partial charge in [0, 0.05) is 23.2 Å². The van der Waals surface area contributed by atoms with Gasteiger partial charge in [0.15, 0.2) is 11.3 Å². The van der Waals surface area contributed by atoms with E-state index in [0.717, 1.165) is 16.5 Å². The number of hydrogen-bond donors (Lipinski definition) is 1. The second kappa shape index (κ2) is 7.93. The van der Waals surface area contributed by atoms with Gasteiger partial charge >= 0.3 is 0 Å². The molecule has 0 radical (unpaired) electrons. The molecule has 4 aromatic rings. The van der Waals surface area contributed by atoms with Gasteiger partial charge in [0.2, 0.25) is 9.84 Å². The summed E-state index contributed by atoms with van der Waals surface area (Å²) in [7, 11) is -3.68. The van der Waals surface area contributed by atoms with E-state index in [4.69, 9.17) is 16.0 Å². The molecule has 0 unspecified atom stereocenters. The van der Waals surface area contributed by atoms with E-state index in [-0.39, 0.29) is 28.0 Å². The van der Waals surface area contributed by atoms with Crippen molar-refractivity contribution in [3.8, 4) is 0 Å². The first kappa shape index (κ1) is 20.1. The van der Waals surface area contributed by atoms with Crippen molar-refractivity contribution >= 4 is 38.3 Å². The molecule has 152 valence electrons. The maximum Gasteiger partial charge on any atom is 0.287 e. The summed E-state index contributed by atoms with van der Waals surface area (Å²) in [5.41, 5.74) is 2.10. The van der Waals surface area contributed by atoms with Crippen molar-refractivity contribution in [3.63, 3.8) is 0 Å². The molecular weight excluding hydrogens is 424 g/mol. The number of nitrogens with zero attached hydrogens (tertiary/aromatic N) is 1. The molecule has 2 aromatic heterocycles. The van der Waals surface area contributed by atoms with Gasteiger partial charge in [-0.05, 0) is 54.4 Å². The standard InChI is InChI=1S/C22H17ClN2O4S/c1-14-2-5-18(11-19(14)23)30(27,28)17-6-3-15(4-7-17)12-25-22(26)20-10-16-8-9-24-13-21(16)29-20/h2-11,13H,12H2,1H3,(H,25,26). The molecule has 0 bridgehead atoms. The third-order valence-corrected chi connectivity index (χ3v) is 6.86. The van der Waals surface area contributed by atoms with Crippen LogP contribution in [0.3, 0.4) is 0 Å². The minimum Gasteiger partial charge on any atom is -0.449 e. The van der Waals surface area contributed by atoms with Crippen LogP contribution in [0.25, 0.3) is 11.0 Å². The van der Waals surface area contributed by atoms with Crippen LogP contribution < -0.4 is 5.32 Å². The summed E-state index contributed by atoms with van der Waals surface area (Å²) in [6.07, 6.45) is 3.17. The van der Waals surface area contributed by atoms with E-state index in [1.54, 1.807) is 42.7 Å². The minimum absolute atomic E-state index is 0.138. The molecule has 8 heteroatoms. The highest BCUT2D eigenvalue weighted by molar-refractivity contribution is 7.91. The zero-order valence-electron chi connectivity index (χ0n) is 15.9. The Labute approximate surface area is 178 Å². The summed E-state index contributed by atoms with van der Waals surface area (Å²) in [5.74, 6) is -0.175. The Morgan fingerprint density at radius 3 is 2.50 bits per heavy atom. The van der Waals surface area contributed by atoms with Crippen molar-refractivity contribution in [1.29, 1.82) is 0 Å². The summed E-state index contributed by atoms with van der Waals surface area (Å²) >= 11 is 6.06. The number of carbonyl (C=O) groups is 1. The molecule has 0 spiro atoms. The van der Waals surface area contributed by atoms with Crippen LogP contribution in [-0.4, -0.2) is 19.3 Å². The number of hydrogen-bond acceptors (Lipinski definition) is 5. The molecule has 0 aliphatic carbocycles. The van der Waals surface area contributed by atoms with E-state index in [0.29, 0.717) is 10.6 Å². The van der Waals surface area contributed by atoms with E-state index in [2.05, 4.69) is 10.3 Å². The molecule has 0 atom stereocenters. The number of benzene rings is 2. The van der Waals surface area contributed by atoms with Crippen LogP contribution in [-0.2, 0) is 16.4 Å². The van der Waals surface area contributed by atoms with E-state index in [9.17, 15) is 13.2 Å². The first-order valence-electron chi connectivity index (χ1n) is 9.06. The second-order valence-corrected chi connectivity index (χ2v) is 9.12. The lowest BCUT2D eigenvalue weighted by Gasteiger charge is -2.08.